The van der Waals surface area contributed by atoms with Crippen LogP contribution in [0.3, 0.4) is 0 Å². The summed E-state index contributed by atoms with van der Waals surface area (Å²) in [5.41, 5.74) is 4.27. The zero-order valence-corrected chi connectivity index (χ0v) is 20.9. The first-order valence-electron chi connectivity index (χ1n) is 13.3. The minimum atomic E-state index is 0.0842. The molecule has 0 bridgehead atoms. The fraction of sp³-hybridized carbons (Fsp3) is 0.400. The number of fused-ring (bicyclic) bond motifs is 1. The highest BCUT2D eigenvalue weighted by atomic mass is 16.1. The van der Waals surface area contributed by atoms with Crippen LogP contribution in [0, 0.1) is 11.8 Å². The summed E-state index contributed by atoms with van der Waals surface area (Å²) in [4.78, 5) is 26.4. The Bertz CT molecular complexity index is 1250. The molecule has 0 spiro atoms. The van der Waals surface area contributed by atoms with Crippen LogP contribution in [0.5, 0.6) is 0 Å². The molecule has 0 radical (unpaired) electrons. The third-order valence-electron chi connectivity index (χ3n) is 7.51. The number of nitrogens with one attached hydrogen (secondary N) is 1. The Morgan fingerprint density at radius 3 is 2.58 bits per heavy atom. The summed E-state index contributed by atoms with van der Waals surface area (Å²) in [5, 5.41) is 4.34. The number of pyridine rings is 3. The molecule has 1 aliphatic carbocycles. The highest BCUT2D eigenvalue weighted by molar-refractivity contribution is 5.93. The van der Waals surface area contributed by atoms with E-state index in [1.54, 1.807) is 6.20 Å². The molecule has 4 aromatic rings. The van der Waals surface area contributed by atoms with Crippen molar-refractivity contribution in [2.24, 2.45) is 11.8 Å². The number of hydrogen-bond acceptors (Lipinski definition) is 4. The topological polar surface area (TPSA) is 72.7 Å². The molecule has 1 amide bonds. The van der Waals surface area contributed by atoms with E-state index in [0.29, 0.717) is 12.5 Å². The average Bonchev–Trinajstić information content (AvgIpc) is 3.32. The number of unbranched alkanes of at least 4 members (excludes halogenated alkanes) is 1. The van der Waals surface area contributed by atoms with Gasteiger partial charge in [0.2, 0.25) is 5.91 Å². The Morgan fingerprint density at radius 1 is 0.944 bits per heavy atom. The van der Waals surface area contributed by atoms with Crippen molar-refractivity contribution >= 4 is 16.9 Å². The molecule has 4 aromatic heterocycles. The molecule has 1 atom stereocenters. The first-order chi connectivity index (χ1) is 17.8. The van der Waals surface area contributed by atoms with Crippen molar-refractivity contribution < 1.29 is 4.79 Å². The van der Waals surface area contributed by atoms with E-state index < -0.39 is 0 Å². The van der Waals surface area contributed by atoms with Crippen LogP contribution < -0.4 is 5.32 Å². The number of amides is 1. The largest absolute Gasteiger partial charge is 0.350 e. The summed E-state index contributed by atoms with van der Waals surface area (Å²) in [6.45, 7) is 1.40. The van der Waals surface area contributed by atoms with Gasteiger partial charge in [0.25, 0.3) is 0 Å². The van der Waals surface area contributed by atoms with Gasteiger partial charge in [0.1, 0.15) is 5.65 Å². The summed E-state index contributed by atoms with van der Waals surface area (Å²) in [6, 6.07) is 14.1. The van der Waals surface area contributed by atoms with Gasteiger partial charge in [0.05, 0.1) is 12.2 Å². The monoisotopic (exact) mass is 481 g/mol. The minimum Gasteiger partial charge on any atom is -0.350 e. The molecule has 6 nitrogen and oxygen atoms in total. The van der Waals surface area contributed by atoms with Crippen molar-refractivity contribution in [2.75, 3.05) is 0 Å². The van der Waals surface area contributed by atoms with Gasteiger partial charge in [-0.3, -0.25) is 14.8 Å². The van der Waals surface area contributed by atoms with Crippen LogP contribution in [0.15, 0.2) is 73.4 Å². The number of hydrogen-bond donors (Lipinski definition) is 1. The Labute approximate surface area is 213 Å². The maximum atomic E-state index is 13.3. The smallest absolute Gasteiger partial charge is 0.223 e. The van der Waals surface area contributed by atoms with Gasteiger partial charge in [-0.05, 0) is 73.6 Å². The van der Waals surface area contributed by atoms with Crippen molar-refractivity contribution in [3.63, 3.8) is 0 Å². The summed E-state index contributed by atoms with van der Waals surface area (Å²) >= 11 is 0. The Hall–Kier alpha value is -3.54. The van der Waals surface area contributed by atoms with Crippen molar-refractivity contribution in [3.8, 4) is 11.1 Å². The second-order valence-corrected chi connectivity index (χ2v) is 9.89. The van der Waals surface area contributed by atoms with Crippen molar-refractivity contribution in [1.82, 2.24) is 24.8 Å². The van der Waals surface area contributed by atoms with Gasteiger partial charge in [-0.15, -0.1) is 0 Å². The Morgan fingerprint density at radius 2 is 1.78 bits per heavy atom. The van der Waals surface area contributed by atoms with Crippen LogP contribution in [0.25, 0.3) is 22.2 Å². The van der Waals surface area contributed by atoms with E-state index >= 15 is 0 Å². The van der Waals surface area contributed by atoms with Gasteiger partial charge in [0.15, 0.2) is 0 Å². The quantitative estimate of drug-likeness (QED) is 0.275. The molecule has 1 N–H and O–H groups in total. The third-order valence-corrected chi connectivity index (χ3v) is 7.51. The highest BCUT2D eigenvalue weighted by Crippen LogP contribution is 2.34. The van der Waals surface area contributed by atoms with Crippen LogP contribution in [0.1, 0.15) is 57.1 Å². The second kappa shape index (κ2) is 11.9. The maximum absolute atomic E-state index is 13.3. The van der Waals surface area contributed by atoms with Gasteiger partial charge in [0, 0.05) is 54.4 Å². The predicted octanol–water partition coefficient (Wildman–Crippen LogP) is 6.18. The van der Waals surface area contributed by atoms with Crippen LogP contribution in [-0.2, 0) is 17.9 Å². The molecule has 0 aliphatic heterocycles. The number of carbonyl (C=O) groups excluding carboxylic acids is 1. The van der Waals surface area contributed by atoms with Crippen molar-refractivity contribution in [3.05, 3.63) is 79.1 Å². The SMILES string of the molecule is O=C(NCc1ccccn1)C(CCCCn1cc(-c2ccncc2)c2cccnc21)C1CCCCC1. The first kappa shape index (κ1) is 24.2. The minimum absolute atomic E-state index is 0.0842. The van der Waals surface area contributed by atoms with Crippen LogP contribution in [0.2, 0.25) is 0 Å². The molecule has 0 saturated heterocycles. The standard InChI is InChI=1S/C30H35N5O/c36-30(34-21-25-11-4-6-16-32-25)26(23-9-2-1-3-10-23)12-5-7-20-35-22-28(24-14-18-31-19-15-24)27-13-8-17-33-29(27)35/h4,6,8,11,13-19,22-23,26H,1-3,5,7,9-10,12,20-21H2,(H,34,36). The lowest BCUT2D eigenvalue weighted by Crippen LogP contribution is -2.35. The summed E-state index contributed by atoms with van der Waals surface area (Å²) in [6.07, 6.45) is 18.6. The van der Waals surface area contributed by atoms with E-state index in [0.717, 1.165) is 48.1 Å². The normalized spacial score (nSPS) is 15.1. The van der Waals surface area contributed by atoms with Crippen LogP contribution >= 0.6 is 0 Å². The number of carbonyl (C=O) groups is 1. The van der Waals surface area contributed by atoms with Crippen molar-refractivity contribution in [1.29, 1.82) is 0 Å². The number of rotatable bonds is 10. The average molecular weight is 482 g/mol. The Balaban J connectivity index is 1.23. The zero-order chi connectivity index (χ0) is 24.6. The zero-order valence-electron chi connectivity index (χ0n) is 20.9. The lowest BCUT2D eigenvalue weighted by molar-refractivity contribution is -0.127. The van der Waals surface area contributed by atoms with Gasteiger partial charge in [-0.2, -0.15) is 0 Å². The maximum Gasteiger partial charge on any atom is 0.223 e. The van der Waals surface area contributed by atoms with Gasteiger partial charge >= 0.3 is 0 Å². The molecule has 5 rings (SSSR count). The molecule has 1 aliphatic rings. The van der Waals surface area contributed by atoms with E-state index in [1.165, 1.54) is 37.7 Å². The summed E-state index contributed by atoms with van der Waals surface area (Å²) < 4.78 is 2.27. The highest BCUT2D eigenvalue weighted by Gasteiger charge is 2.29. The molecule has 186 valence electrons. The molecule has 36 heavy (non-hydrogen) atoms. The first-order valence-corrected chi connectivity index (χ1v) is 13.3. The number of aromatic nitrogens is 4. The van der Waals surface area contributed by atoms with Gasteiger partial charge < -0.3 is 9.88 Å². The van der Waals surface area contributed by atoms with Crippen LogP contribution in [-0.4, -0.2) is 25.4 Å². The van der Waals surface area contributed by atoms with Crippen LogP contribution in [0.4, 0.5) is 0 Å². The molecular weight excluding hydrogens is 446 g/mol. The van der Waals surface area contributed by atoms with Crippen molar-refractivity contribution in [2.45, 2.75) is 64.5 Å². The van der Waals surface area contributed by atoms with E-state index in [4.69, 9.17) is 0 Å². The molecule has 1 fully saturated rings. The van der Waals surface area contributed by atoms with Gasteiger partial charge in [-0.1, -0.05) is 31.7 Å². The summed E-state index contributed by atoms with van der Waals surface area (Å²) in [5.74, 6) is 0.774. The fourth-order valence-electron chi connectivity index (χ4n) is 5.63. The molecular formula is C30H35N5O. The molecule has 4 heterocycles. The lowest BCUT2D eigenvalue weighted by Gasteiger charge is -2.29. The van der Waals surface area contributed by atoms with E-state index in [9.17, 15) is 4.79 Å². The third kappa shape index (κ3) is 5.81. The van der Waals surface area contributed by atoms with Gasteiger partial charge in [-0.25, -0.2) is 4.98 Å². The second-order valence-electron chi connectivity index (χ2n) is 9.89. The lowest BCUT2D eigenvalue weighted by atomic mass is 9.77. The van der Waals surface area contributed by atoms with E-state index in [1.807, 2.05) is 55.0 Å². The van der Waals surface area contributed by atoms with E-state index in [-0.39, 0.29) is 11.8 Å². The van der Waals surface area contributed by atoms with E-state index in [2.05, 4.69) is 37.1 Å². The fourth-order valence-corrected chi connectivity index (χ4v) is 5.63. The molecule has 1 unspecified atom stereocenters. The predicted molar refractivity (Wildman–Crippen MR) is 143 cm³/mol. The number of aryl methyl sites for hydroxylation is 1. The Kier molecular flexibility index (Phi) is 8.01. The molecule has 0 aromatic carbocycles. The molecule has 1 saturated carbocycles. The molecule has 6 heteroatoms. The number of nitrogens with zero attached hydrogens (tertiary/aromatic N) is 4. The summed E-state index contributed by atoms with van der Waals surface area (Å²) in [7, 11) is 0.